The maximum Gasteiger partial charge on any atom is 0.145 e. The largest absolute Gasteiger partial charge is 0.309 e. The van der Waals surface area contributed by atoms with Crippen LogP contribution in [0.4, 0.5) is 0 Å². The summed E-state index contributed by atoms with van der Waals surface area (Å²) in [7, 11) is 0. The first-order chi connectivity index (χ1) is 23.8. The van der Waals surface area contributed by atoms with E-state index in [9.17, 15) is 10.5 Å². The van der Waals surface area contributed by atoms with Gasteiger partial charge in [0.25, 0.3) is 0 Å². The second-order valence-electron chi connectivity index (χ2n) is 11.8. The highest BCUT2D eigenvalue weighted by Gasteiger charge is 2.22. The highest BCUT2D eigenvalue weighted by Crippen LogP contribution is 2.41. The first-order valence-electron chi connectivity index (χ1n) is 15.8. The lowest BCUT2D eigenvalue weighted by atomic mass is 9.91. The average Bonchev–Trinajstić information content (AvgIpc) is 3.67. The molecular weight excluding hydrogens is 587 g/mol. The van der Waals surface area contributed by atoms with Crippen molar-refractivity contribution in [1.29, 1.82) is 10.5 Å². The Balaban J connectivity index is 1.33. The van der Waals surface area contributed by atoms with Gasteiger partial charge in [0, 0.05) is 50.0 Å². The maximum absolute atomic E-state index is 10.9. The molecule has 0 saturated carbocycles. The number of hydrogen-bond donors (Lipinski definition) is 0. The van der Waals surface area contributed by atoms with Crippen molar-refractivity contribution in [2.45, 2.75) is 0 Å². The van der Waals surface area contributed by atoms with Crippen molar-refractivity contribution >= 4 is 43.6 Å². The van der Waals surface area contributed by atoms with Crippen molar-refractivity contribution in [1.82, 2.24) is 14.1 Å². The Kier molecular flexibility index (Phi) is 6.18. The standard InChI is InChI=1S/C43H25N5/c44-26-28-22-23-35(42(25-28)47-38-18-5-1-11-31(38)32-12-2-6-19-39(32)47)29-15-9-16-30(37(29)27-45)36-17-10-24-46-43(36)48-40-20-7-3-13-33(40)34-14-4-8-21-41(34)48/h1-25H. The van der Waals surface area contributed by atoms with Crippen LogP contribution in [-0.2, 0) is 0 Å². The van der Waals surface area contributed by atoms with Gasteiger partial charge in [-0.2, -0.15) is 10.5 Å². The van der Waals surface area contributed by atoms with Crippen molar-refractivity contribution in [2.24, 2.45) is 0 Å². The lowest BCUT2D eigenvalue weighted by Crippen LogP contribution is -2.02. The number of fused-ring (bicyclic) bond motifs is 6. The number of nitrogens with zero attached hydrogens (tertiary/aromatic N) is 5. The number of pyridine rings is 1. The number of para-hydroxylation sites is 4. The molecule has 0 aliphatic carbocycles. The van der Waals surface area contributed by atoms with Crippen LogP contribution in [0.1, 0.15) is 11.1 Å². The molecule has 48 heavy (non-hydrogen) atoms. The normalized spacial score (nSPS) is 11.3. The fourth-order valence-electron chi connectivity index (χ4n) is 7.25. The van der Waals surface area contributed by atoms with Crippen molar-refractivity contribution in [2.75, 3.05) is 0 Å². The Morgan fingerprint density at radius 2 is 0.938 bits per heavy atom. The summed E-state index contributed by atoms with van der Waals surface area (Å²) in [5, 5.41) is 25.5. The number of aromatic nitrogens is 3. The van der Waals surface area contributed by atoms with Gasteiger partial charge in [-0.1, -0.05) is 97.1 Å². The van der Waals surface area contributed by atoms with Crippen LogP contribution in [0.15, 0.2) is 152 Å². The van der Waals surface area contributed by atoms with Crippen LogP contribution in [0.25, 0.3) is 77.4 Å². The van der Waals surface area contributed by atoms with Gasteiger partial charge in [-0.05, 0) is 48.5 Å². The van der Waals surface area contributed by atoms with Crippen LogP contribution in [0.2, 0.25) is 0 Å². The lowest BCUT2D eigenvalue weighted by molar-refractivity contribution is 1.08. The molecule has 222 valence electrons. The molecule has 9 rings (SSSR count). The number of nitriles is 2. The van der Waals surface area contributed by atoms with Gasteiger partial charge in [-0.3, -0.25) is 4.57 Å². The average molecular weight is 612 g/mol. The van der Waals surface area contributed by atoms with E-state index >= 15 is 0 Å². The van der Waals surface area contributed by atoms with Gasteiger partial charge >= 0.3 is 0 Å². The molecule has 0 bridgehead atoms. The summed E-state index contributed by atoms with van der Waals surface area (Å²) in [6.07, 6.45) is 1.80. The maximum atomic E-state index is 10.9. The molecule has 3 aromatic heterocycles. The van der Waals surface area contributed by atoms with E-state index in [4.69, 9.17) is 4.98 Å². The van der Waals surface area contributed by atoms with Crippen LogP contribution in [0, 0.1) is 22.7 Å². The van der Waals surface area contributed by atoms with E-state index in [2.05, 4.69) is 81.9 Å². The molecule has 0 saturated heterocycles. The summed E-state index contributed by atoms with van der Waals surface area (Å²) in [6, 6.07) is 53.9. The molecule has 5 heteroatoms. The molecule has 9 aromatic rings. The van der Waals surface area contributed by atoms with Gasteiger partial charge in [0.15, 0.2) is 0 Å². The number of benzene rings is 6. The second-order valence-corrected chi connectivity index (χ2v) is 11.8. The molecule has 5 nitrogen and oxygen atoms in total. The van der Waals surface area contributed by atoms with Gasteiger partial charge in [0.2, 0.25) is 0 Å². The van der Waals surface area contributed by atoms with Gasteiger partial charge in [0.05, 0.1) is 45.0 Å². The zero-order valence-corrected chi connectivity index (χ0v) is 25.7. The predicted octanol–water partition coefficient (Wildman–Crippen LogP) is 10.4. The summed E-state index contributed by atoms with van der Waals surface area (Å²) in [5.74, 6) is 0.756. The van der Waals surface area contributed by atoms with Crippen molar-refractivity contribution < 1.29 is 0 Å². The summed E-state index contributed by atoms with van der Waals surface area (Å²) in [4.78, 5) is 4.94. The number of hydrogen-bond acceptors (Lipinski definition) is 3. The summed E-state index contributed by atoms with van der Waals surface area (Å²) in [5.41, 5.74) is 9.39. The SMILES string of the molecule is N#Cc1ccc(-c2cccc(-c3cccnc3-n3c4ccccc4c4ccccc43)c2C#N)c(-n2c3ccccc3c3ccccc32)c1. The monoisotopic (exact) mass is 611 g/mol. The van der Waals surface area contributed by atoms with Gasteiger partial charge in [-0.25, -0.2) is 4.98 Å². The quantitative estimate of drug-likeness (QED) is 0.199. The number of rotatable bonds is 4. The van der Waals surface area contributed by atoms with E-state index in [1.54, 1.807) is 6.20 Å². The molecule has 0 aliphatic rings. The van der Waals surface area contributed by atoms with Gasteiger partial charge in [-0.15, -0.1) is 0 Å². The molecule has 0 atom stereocenters. The smallest absolute Gasteiger partial charge is 0.145 e. The molecule has 0 unspecified atom stereocenters. The first-order valence-corrected chi connectivity index (χ1v) is 15.8. The molecule has 0 amide bonds. The Morgan fingerprint density at radius 3 is 1.48 bits per heavy atom. The summed E-state index contributed by atoms with van der Waals surface area (Å²) >= 11 is 0. The molecule has 0 N–H and O–H groups in total. The topological polar surface area (TPSA) is 70.3 Å². The molecule has 0 fully saturated rings. The molecule has 0 spiro atoms. The second kappa shape index (κ2) is 10.8. The third kappa shape index (κ3) is 3.99. The Morgan fingerprint density at radius 1 is 0.438 bits per heavy atom. The van der Waals surface area contributed by atoms with Crippen molar-refractivity contribution in [3.8, 4) is 45.9 Å². The Labute approximate surface area is 276 Å². The minimum absolute atomic E-state index is 0.541. The van der Waals surface area contributed by atoms with E-state index in [0.29, 0.717) is 11.1 Å². The Bertz CT molecular complexity index is 2710. The van der Waals surface area contributed by atoms with Crippen LogP contribution in [0.3, 0.4) is 0 Å². The highest BCUT2D eigenvalue weighted by atomic mass is 15.1. The highest BCUT2D eigenvalue weighted by molar-refractivity contribution is 6.11. The fraction of sp³-hybridized carbons (Fsp3) is 0. The van der Waals surface area contributed by atoms with E-state index in [1.165, 1.54) is 0 Å². The van der Waals surface area contributed by atoms with Crippen LogP contribution in [-0.4, -0.2) is 14.1 Å². The third-order valence-electron chi connectivity index (χ3n) is 9.28. The van der Waals surface area contributed by atoms with E-state index < -0.39 is 0 Å². The van der Waals surface area contributed by atoms with E-state index in [1.807, 2.05) is 84.9 Å². The van der Waals surface area contributed by atoms with Crippen molar-refractivity contribution in [3.63, 3.8) is 0 Å². The van der Waals surface area contributed by atoms with Gasteiger partial charge in [0.1, 0.15) is 11.9 Å². The minimum atomic E-state index is 0.541. The fourth-order valence-corrected chi connectivity index (χ4v) is 7.25. The summed E-state index contributed by atoms with van der Waals surface area (Å²) < 4.78 is 4.40. The molecular formula is C43H25N5. The first kappa shape index (κ1) is 27.4. The Hall–Kier alpha value is -6.95. The van der Waals surface area contributed by atoms with Gasteiger partial charge < -0.3 is 4.57 Å². The molecule has 3 heterocycles. The minimum Gasteiger partial charge on any atom is -0.309 e. The zero-order chi connectivity index (χ0) is 32.2. The van der Waals surface area contributed by atoms with Crippen molar-refractivity contribution in [3.05, 3.63) is 163 Å². The lowest BCUT2D eigenvalue weighted by Gasteiger charge is -2.18. The van der Waals surface area contributed by atoms with Crippen LogP contribution in [0.5, 0.6) is 0 Å². The van der Waals surface area contributed by atoms with E-state index in [-0.39, 0.29) is 0 Å². The molecule has 6 aromatic carbocycles. The molecule has 0 radical (unpaired) electrons. The molecule has 0 aliphatic heterocycles. The third-order valence-corrected chi connectivity index (χ3v) is 9.28. The van der Waals surface area contributed by atoms with Crippen LogP contribution < -0.4 is 0 Å². The van der Waals surface area contributed by atoms with E-state index in [0.717, 1.165) is 77.4 Å². The van der Waals surface area contributed by atoms with Crippen LogP contribution >= 0.6 is 0 Å². The summed E-state index contributed by atoms with van der Waals surface area (Å²) in [6.45, 7) is 0. The predicted molar refractivity (Wildman–Crippen MR) is 193 cm³/mol. The zero-order valence-electron chi connectivity index (χ0n) is 25.7.